The standard InChI is InChI=1S/C22H25ClN2O4/c1-24(13-16-3-2-4-18(23)11-16)14-19-12-22(21(27)29-19)6-8-25(9-7-22)20(26)17-5-10-28-15-17/h2-5,10-11,15,19H,6-9,12-14H2,1H3. The van der Waals surface area contributed by atoms with Gasteiger partial charge in [0.05, 0.1) is 17.2 Å². The molecular weight excluding hydrogens is 392 g/mol. The Balaban J connectivity index is 1.32. The summed E-state index contributed by atoms with van der Waals surface area (Å²) in [5.41, 5.74) is 1.22. The van der Waals surface area contributed by atoms with Crippen LogP contribution in [0.2, 0.25) is 5.02 Å². The normalized spacial score (nSPS) is 21.0. The molecular formula is C22H25ClN2O4. The van der Waals surface area contributed by atoms with Crippen LogP contribution in [0.5, 0.6) is 0 Å². The van der Waals surface area contributed by atoms with Gasteiger partial charge in [0.15, 0.2) is 0 Å². The topological polar surface area (TPSA) is 63.0 Å². The minimum Gasteiger partial charge on any atom is -0.472 e. The molecule has 0 N–H and O–H groups in total. The maximum Gasteiger partial charge on any atom is 0.312 e. The molecule has 1 atom stereocenters. The van der Waals surface area contributed by atoms with Crippen LogP contribution in [-0.4, -0.2) is 54.5 Å². The number of furan rings is 1. The van der Waals surface area contributed by atoms with Crippen molar-refractivity contribution in [3.05, 3.63) is 59.0 Å². The van der Waals surface area contributed by atoms with Gasteiger partial charge >= 0.3 is 5.97 Å². The lowest BCUT2D eigenvalue weighted by Crippen LogP contribution is -2.45. The first-order valence-corrected chi connectivity index (χ1v) is 10.3. The van der Waals surface area contributed by atoms with Crippen molar-refractivity contribution in [2.45, 2.75) is 31.9 Å². The smallest absolute Gasteiger partial charge is 0.312 e. The molecule has 0 radical (unpaired) electrons. The van der Waals surface area contributed by atoms with Crippen molar-refractivity contribution in [3.8, 4) is 0 Å². The number of cyclic esters (lactones) is 1. The first kappa shape index (κ1) is 20.0. The van der Waals surface area contributed by atoms with Crippen molar-refractivity contribution < 1.29 is 18.7 Å². The molecule has 1 unspecified atom stereocenters. The largest absolute Gasteiger partial charge is 0.472 e. The minimum absolute atomic E-state index is 0.0437. The Kier molecular flexibility index (Phi) is 5.65. The summed E-state index contributed by atoms with van der Waals surface area (Å²) in [6.45, 7) is 2.54. The predicted octanol–water partition coefficient (Wildman–Crippen LogP) is 3.60. The van der Waals surface area contributed by atoms with Crippen molar-refractivity contribution in [2.75, 3.05) is 26.7 Å². The number of rotatable bonds is 5. The monoisotopic (exact) mass is 416 g/mol. The second-order valence-electron chi connectivity index (χ2n) is 8.14. The van der Waals surface area contributed by atoms with Crippen LogP contribution in [0.15, 0.2) is 47.3 Å². The lowest BCUT2D eigenvalue weighted by Gasteiger charge is -2.36. The second-order valence-corrected chi connectivity index (χ2v) is 8.58. The summed E-state index contributed by atoms with van der Waals surface area (Å²) >= 11 is 6.06. The molecule has 6 nitrogen and oxygen atoms in total. The van der Waals surface area contributed by atoms with Crippen LogP contribution in [0.25, 0.3) is 0 Å². The number of ether oxygens (including phenoxy) is 1. The van der Waals surface area contributed by atoms with Crippen molar-refractivity contribution in [1.82, 2.24) is 9.80 Å². The minimum atomic E-state index is -0.464. The van der Waals surface area contributed by atoms with Gasteiger partial charge in [-0.1, -0.05) is 23.7 Å². The maximum absolute atomic E-state index is 12.7. The molecule has 2 saturated heterocycles. The van der Waals surface area contributed by atoms with Crippen molar-refractivity contribution in [1.29, 1.82) is 0 Å². The molecule has 1 amide bonds. The van der Waals surface area contributed by atoms with E-state index >= 15 is 0 Å². The number of likely N-dealkylation sites (N-methyl/N-ethyl adjacent to an activating group) is 1. The van der Waals surface area contributed by atoms with Gasteiger partial charge in [-0.25, -0.2) is 0 Å². The number of likely N-dealkylation sites (tertiary alicyclic amines) is 1. The fourth-order valence-corrected chi connectivity index (χ4v) is 4.63. The van der Waals surface area contributed by atoms with E-state index in [2.05, 4.69) is 4.90 Å². The Morgan fingerprint density at radius 2 is 2.10 bits per heavy atom. The molecule has 2 aliphatic rings. The number of carbonyl (C=O) groups excluding carboxylic acids is 2. The highest BCUT2D eigenvalue weighted by Gasteiger charge is 2.51. The molecule has 0 bridgehead atoms. The molecule has 154 valence electrons. The van der Waals surface area contributed by atoms with Crippen LogP contribution in [0.3, 0.4) is 0 Å². The van der Waals surface area contributed by atoms with Crippen LogP contribution in [0.1, 0.15) is 35.2 Å². The van der Waals surface area contributed by atoms with E-state index in [9.17, 15) is 9.59 Å². The SMILES string of the molecule is CN(Cc1cccc(Cl)c1)CC1CC2(CCN(C(=O)c3ccoc3)CC2)C(=O)O1. The van der Waals surface area contributed by atoms with Gasteiger partial charge in [0.25, 0.3) is 5.91 Å². The highest BCUT2D eigenvalue weighted by Crippen LogP contribution is 2.43. The Bertz CT molecular complexity index is 875. The molecule has 4 rings (SSSR count). The third-order valence-electron chi connectivity index (χ3n) is 5.96. The van der Waals surface area contributed by atoms with Gasteiger partial charge in [0.2, 0.25) is 0 Å². The van der Waals surface area contributed by atoms with Gasteiger partial charge < -0.3 is 14.1 Å². The maximum atomic E-state index is 12.7. The van der Waals surface area contributed by atoms with Crippen LogP contribution < -0.4 is 0 Å². The van der Waals surface area contributed by atoms with E-state index in [-0.39, 0.29) is 18.0 Å². The van der Waals surface area contributed by atoms with E-state index in [0.717, 1.165) is 17.1 Å². The van der Waals surface area contributed by atoms with E-state index < -0.39 is 5.41 Å². The number of nitrogens with zero attached hydrogens (tertiary/aromatic N) is 2. The van der Waals surface area contributed by atoms with Gasteiger partial charge in [0.1, 0.15) is 12.4 Å². The lowest BCUT2D eigenvalue weighted by molar-refractivity contribution is -0.151. The number of piperidine rings is 1. The number of amides is 1. The van der Waals surface area contributed by atoms with E-state index in [4.69, 9.17) is 20.8 Å². The van der Waals surface area contributed by atoms with Crippen LogP contribution >= 0.6 is 11.6 Å². The summed E-state index contributed by atoms with van der Waals surface area (Å²) in [7, 11) is 2.02. The van der Waals surface area contributed by atoms with Crippen LogP contribution in [-0.2, 0) is 16.1 Å². The predicted molar refractivity (Wildman–Crippen MR) is 109 cm³/mol. The summed E-state index contributed by atoms with van der Waals surface area (Å²) < 4.78 is 10.7. The third kappa shape index (κ3) is 4.33. The summed E-state index contributed by atoms with van der Waals surface area (Å²) in [5.74, 6) is -0.160. The first-order chi connectivity index (χ1) is 13.9. The quantitative estimate of drug-likeness (QED) is 0.697. The second kappa shape index (κ2) is 8.20. The Morgan fingerprint density at radius 3 is 2.79 bits per heavy atom. The molecule has 2 aliphatic heterocycles. The molecule has 7 heteroatoms. The fraction of sp³-hybridized carbons (Fsp3) is 0.455. The number of esters is 1. The molecule has 2 aromatic rings. The molecule has 0 saturated carbocycles. The number of benzene rings is 1. The summed E-state index contributed by atoms with van der Waals surface area (Å²) in [4.78, 5) is 29.1. The Hall–Kier alpha value is -2.31. The molecule has 3 heterocycles. The number of halogens is 1. The summed E-state index contributed by atoms with van der Waals surface area (Å²) in [5, 5.41) is 0.721. The van der Waals surface area contributed by atoms with E-state index in [1.54, 1.807) is 11.0 Å². The molecule has 2 fully saturated rings. The zero-order chi connectivity index (χ0) is 20.4. The molecule has 1 aromatic carbocycles. The van der Waals surface area contributed by atoms with Crippen LogP contribution in [0.4, 0.5) is 0 Å². The Labute approximate surface area is 175 Å². The lowest BCUT2D eigenvalue weighted by atomic mass is 9.76. The number of carbonyl (C=O) groups is 2. The fourth-order valence-electron chi connectivity index (χ4n) is 4.41. The van der Waals surface area contributed by atoms with Gasteiger partial charge in [0, 0.05) is 37.6 Å². The first-order valence-electron chi connectivity index (χ1n) is 9.91. The summed E-state index contributed by atoms with van der Waals surface area (Å²) in [6, 6.07) is 9.46. The third-order valence-corrected chi connectivity index (χ3v) is 6.19. The average molecular weight is 417 g/mol. The van der Waals surface area contributed by atoms with Gasteiger partial charge in [-0.05, 0) is 43.7 Å². The Morgan fingerprint density at radius 1 is 1.31 bits per heavy atom. The van der Waals surface area contributed by atoms with E-state index in [1.165, 1.54) is 12.5 Å². The summed E-state index contributed by atoms with van der Waals surface area (Å²) in [6.07, 6.45) is 4.83. The zero-order valence-electron chi connectivity index (χ0n) is 16.5. The average Bonchev–Trinajstić information content (AvgIpc) is 3.31. The van der Waals surface area contributed by atoms with Crippen molar-refractivity contribution in [3.63, 3.8) is 0 Å². The molecule has 1 spiro atoms. The van der Waals surface area contributed by atoms with Gasteiger partial charge in [-0.2, -0.15) is 0 Å². The zero-order valence-corrected chi connectivity index (χ0v) is 17.2. The van der Waals surface area contributed by atoms with E-state index in [0.29, 0.717) is 44.5 Å². The van der Waals surface area contributed by atoms with E-state index in [1.807, 2.05) is 31.3 Å². The highest BCUT2D eigenvalue weighted by molar-refractivity contribution is 6.30. The molecule has 29 heavy (non-hydrogen) atoms. The molecule has 1 aromatic heterocycles. The van der Waals surface area contributed by atoms with Crippen molar-refractivity contribution >= 4 is 23.5 Å². The van der Waals surface area contributed by atoms with Gasteiger partial charge in [-0.3, -0.25) is 14.5 Å². The van der Waals surface area contributed by atoms with Crippen LogP contribution in [0, 0.1) is 5.41 Å². The van der Waals surface area contributed by atoms with Crippen molar-refractivity contribution in [2.24, 2.45) is 5.41 Å². The molecule has 0 aliphatic carbocycles. The number of hydrogen-bond donors (Lipinski definition) is 0. The highest BCUT2D eigenvalue weighted by atomic mass is 35.5. The number of hydrogen-bond acceptors (Lipinski definition) is 5. The van der Waals surface area contributed by atoms with Gasteiger partial charge in [-0.15, -0.1) is 0 Å².